The molecule has 2 aromatic rings. The van der Waals surface area contributed by atoms with Crippen LogP contribution in [-0.4, -0.2) is 11.2 Å². The average Bonchev–Trinajstić information content (AvgIpc) is 2.41. The Morgan fingerprint density at radius 2 is 1.56 bits per heavy atom. The van der Waals surface area contributed by atoms with Gasteiger partial charge in [0.05, 0.1) is 0 Å². The molecular formula is C15H14O3. The third-order valence-corrected chi connectivity index (χ3v) is 3.16. The van der Waals surface area contributed by atoms with E-state index >= 15 is 0 Å². The predicted octanol–water partition coefficient (Wildman–Crippen LogP) is 2.69. The molecule has 3 heteroatoms. The summed E-state index contributed by atoms with van der Waals surface area (Å²) in [5.74, 6) is -0.233. The number of hydrogen-bond donors (Lipinski definition) is 1. The van der Waals surface area contributed by atoms with E-state index in [-0.39, 0.29) is 0 Å². The van der Waals surface area contributed by atoms with E-state index in [0.717, 1.165) is 0 Å². The summed E-state index contributed by atoms with van der Waals surface area (Å²) in [6.45, 7) is 1.79. The lowest BCUT2D eigenvalue weighted by Gasteiger charge is -2.39. The third kappa shape index (κ3) is 1.64. The first kappa shape index (κ1) is 11.1. The Bertz CT molecular complexity index is 553. The zero-order valence-corrected chi connectivity index (χ0v) is 10.0. The molecule has 0 radical (unpaired) electrons. The summed E-state index contributed by atoms with van der Waals surface area (Å²) in [4.78, 5) is 0. The fourth-order valence-corrected chi connectivity index (χ4v) is 2.12. The lowest BCUT2D eigenvalue weighted by Crippen LogP contribution is -2.48. The maximum atomic E-state index is 10.7. The first-order valence-corrected chi connectivity index (χ1v) is 5.93. The highest BCUT2D eigenvalue weighted by Crippen LogP contribution is 2.41. The van der Waals surface area contributed by atoms with E-state index in [1.54, 1.807) is 13.0 Å². The van der Waals surface area contributed by atoms with Gasteiger partial charge in [0.2, 0.25) is 0 Å². The van der Waals surface area contributed by atoms with Crippen LogP contribution >= 0.6 is 0 Å². The maximum absolute atomic E-state index is 10.7. The second-order valence-electron chi connectivity index (χ2n) is 4.37. The van der Waals surface area contributed by atoms with Gasteiger partial charge in [0.25, 0.3) is 5.79 Å². The van der Waals surface area contributed by atoms with Gasteiger partial charge in [-0.05, 0) is 19.1 Å². The van der Waals surface area contributed by atoms with E-state index < -0.39 is 11.9 Å². The van der Waals surface area contributed by atoms with Gasteiger partial charge in [-0.25, -0.2) is 0 Å². The van der Waals surface area contributed by atoms with Crippen molar-refractivity contribution in [3.8, 4) is 11.5 Å². The monoisotopic (exact) mass is 242 g/mol. The van der Waals surface area contributed by atoms with E-state index in [2.05, 4.69) is 0 Å². The molecule has 3 nitrogen and oxygen atoms in total. The highest BCUT2D eigenvalue weighted by molar-refractivity contribution is 5.42. The predicted molar refractivity (Wildman–Crippen MR) is 67.5 cm³/mol. The highest BCUT2D eigenvalue weighted by Gasteiger charge is 2.44. The van der Waals surface area contributed by atoms with Crippen molar-refractivity contribution in [2.45, 2.75) is 18.8 Å². The minimum atomic E-state index is -1.45. The van der Waals surface area contributed by atoms with Crippen LogP contribution in [0.25, 0.3) is 0 Å². The highest BCUT2D eigenvalue weighted by atomic mass is 16.7. The first-order chi connectivity index (χ1) is 8.70. The molecule has 1 aliphatic heterocycles. The Labute approximate surface area is 106 Å². The summed E-state index contributed by atoms with van der Waals surface area (Å²) in [6, 6.07) is 16.6. The molecule has 3 rings (SSSR count). The third-order valence-electron chi connectivity index (χ3n) is 3.16. The van der Waals surface area contributed by atoms with Crippen LogP contribution in [0.15, 0.2) is 54.6 Å². The van der Waals surface area contributed by atoms with Crippen LogP contribution in [0.1, 0.15) is 12.5 Å². The van der Waals surface area contributed by atoms with Gasteiger partial charge >= 0.3 is 0 Å². The normalized spacial score (nSPS) is 25.8. The molecule has 0 aliphatic carbocycles. The summed E-state index contributed by atoms with van der Waals surface area (Å²) in [5, 5.41) is 10.7. The van der Waals surface area contributed by atoms with Crippen molar-refractivity contribution in [3.63, 3.8) is 0 Å². The van der Waals surface area contributed by atoms with Crippen LogP contribution in [0, 0.1) is 0 Å². The molecule has 2 aromatic carbocycles. The minimum Gasteiger partial charge on any atom is -0.480 e. The van der Waals surface area contributed by atoms with E-state index in [9.17, 15) is 5.11 Å². The summed E-state index contributed by atoms with van der Waals surface area (Å²) >= 11 is 0. The standard InChI is InChI=1S/C15H14O3/c1-11-15(16,12-7-3-2-4-8-12)18-14-10-6-5-9-13(14)17-11/h2-11,16H,1H3/t11-,15-/m1/s1. The molecule has 0 saturated carbocycles. The second-order valence-corrected chi connectivity index (χ2v) is 4.37. The van der Waals surface area contributed by atoms with Crippen molar-refractivity contribution >= 4 is 0 Å². The number of hydrogen-bond acceptors (Lipinski definition) is 3. The first-order valence-electron chi connectivity index (χ1n) is 5.93. The maximum Gasteiger partial charge on any atom is 0.272 e. The number of para-hydroxylation sites is 2. The summed E-state index contributed by atoms with van der Waals surface area (Å²) in [6.07, 6.45) is -0.477. The Balaban J connectivity index is 2.05. The molecule has 2 atom stereocenters. The molecule has 1 aliphatic rings. The van der Waals surface area contributed by atoms with Gasteiger partial charge in [0.15, 0.2) is 17.6 Å². The van der Waals surface area contributed by atoms with Crippen LogP contribution in [0.3, 0.4) is 0 Å². The number of benzene rings is 2. The SMILES string of the molecule is C[C@H]1Oc2ccccc2O[C@@]1(O)c1ccccc1. The Morgan fingerprint density at radius 1 is 0.944 bits per heavy atom. The van der Waals surface area contributed by atoms with Crippen molar-refractivity contribution in [3.05, 3.63) is 60.2 Å². The Hall–Kier alpha value is -2.00. The van der Waals surface area contributed by atoms with Crippen LogP contribution in [-0.2, 0) is 5.79 Å². The molecular weight excluding hydrogens is 228 g/mol. The van der Waals surface area contributed by atoms with Gasteiger partial charge in [-0.3, -0.25) is 0 Å². The van der Waals surface area contributed by atoms with E-state index in [1.165, 1.54) is 0 Å². The van der Waals surface area contributed by atoms with E-state index in [0.29, 0.717) is 17.1 Å². The molecule has 0 amide bonds. The van der Waals surface area contributed by atoms with Crippen LogP contribution in [0.4, 0.5) is 0 Å². The van der Waals surface area contributed by atoms with Gasteiger partial charge in [-0.15, -0.1) is 0 Å². The molecule has 1 N–H and O–H groups in total. The lowest BCUT2D eigenvalue weighted by atomic mass is 9.99. The minimum absolute atomic E-state index is 0.477. The molecule has 0 bridgehead atoms. The molecule has 0 unspecified atom stereocenters. The van der Waals surface area contributed by atoms with Crippen LogP contribution in [0.5, 0.6) is 11.5 Å². The second kappa shape index (κ2) is 4.03. The fourth-order valence-electron chi connectivity index (χ4n) is 2.12. The molecule has 1 heterocycles. The number of fused-ring (bicyclic) bond motifs is 1. The number of aliphatic hydroxyl groups is 1. The number of ether oxygens (including phenoxy) is 2. The zero-order valence-electron chi connectivity index (χ0n) is 10.0. The summed E-state index contributed by atoms with van der Waals surface area (Å²) in [5.41, 5.74) is 0.687. The summed E-state index contributed by atoms with van der Waals surface area (Å²) < 4.78 is 11.5. The van der Waals surface area contributed by atoms with Crippen LogP contribution in [0.2, 0.25) is 0 Å². The number of rotatable bonds is 1. The molecule has 0 aromatic heterocycles. The zero-order chi connectivity index (χ0) is 12.6. The van der Waals surface area contributed by atoms with Crippen molar-refractivity contribution in [2.24, 2.45) is 0 Å². The van der Waals surface area contributed by atoms with Gasteiger partial charge < -0.3 is 14.6 Å². The topological polar surface area (TPSA) is 38.7 Å². The quantitative estimate of drug-likeness (QED) is 0.835. The van der Waals surface area contributed by atoms with E-state index in [1.807, 2.05) is 48.5 Å². The molecule has 18 heavy (non-hydrogen) atoms. The van der Waals surface area contributed by atoms with Gasteiger partial charge in [-0.2, -0.15) is 0 Å². The van der Waals surface area contributed by atoms with E-state index in [4.69, 9.17) is 9.47 Å². The molecule has 0 saturated heterocycles. The average molecular weight is 242 g/mol. The van der Waals surface area contributed by atoms with Gasteiger partial charge in [0.1, 0.15) is 0 Å². The van der Waals surface area contributed by atoms with Crippen LogP contribution < -0.4 is 9.47 Å². The van der Waals surface area contributed by atoms with Gasteiger partial charge in [-0.1, -0.05) is 42.5 Å². The van der Waals surface area contributed by atoms with Crippen molar-refractivity contribution in [2.75, 3.05) is 0 Å². The Morgan fingerprint density at radius 3 is 2.28 bits per heavy atom. The van der Waals surface area contributed by atoms with Crippen molar-refractivity contribution in [1.29, 1.82) is 0 Å². The van der Waals surface area contributed by atoms with Crippen molar-refractivity contribution < 1.29 is 14.6 Å². The lowest BCUT2D eigenvalue weighted by molar-refractivity contribution is -0.216. The van der Waals surface area contributed by atoms with Crippen molar-refractivity contribution in [1.82, 2.24) is 0 Å². The van der Waals surface area contributed by atoms with Gasteiger partial charge in [0, 0.05) is 5.56 Å². The Kier molecular flexibility index (Phi) is 2.49. The smallest absolute Gasteiger partial charge is 0.272 e. The molecule has 92 valence electrons. The largest absolute Gasteiger partial charge is 0.480 e. The molecule has 0 spiro atoms. The fraction of sp³-hybridized carbons (Fsp3) is 0.200. The molecule has 0 fully saturated rings. The summed E-state index contributed by atoms with van der Waals surface area (Å²) in [7, 11) is 0.